The molecule has 1 heterocycles. The lowest BCUT2D eigenvalue weighted by Crippen LogP contribution is -2.32. The number of carbonyl (C=O) groups excluding carboxylic acids is 1. The van der Waals surface area contributed by atoms with Gasteiger partial charge in [-0.05, 0) is 32.6 Å². The second kappa shape index (κ2) is 8.82. The molecule has 1 aromatic rings. The van der Waals surface area contributed by atoms with Gasteiger partial charge in [-0.2, -0.15) is 0 Å². The predicted octanol–water partition coefficient (Wildman–Crippen LogP) is 2.85. The van der Waals surface area contributed by atoms with E-state index >= 15 is 0 Å². The lowest BCUT2D eigenvalue weighted by Gasteiger charge is -2.15. The summed E-state index contributed by atoms with van der Waals surface area (Å²) in [5, 5.41) is 6.20. The number of aryl methyl sites for hydroxylation is 1. The van der Waals surface area contributed by atoms with Crippen molar-refractivity contribution in [3.8, 4) is 0 Å². The number of thiazole rings is 1. The van der Waals surface area contributed by atoms with Crippen molar-refractivity contribution in [1.82, 2.24) is 10.3 Å². The van der Waals surface area contributed by atoms with E-state index in [-0.39, 0.29) is 48.7 Å². The van der Waals surface area contributed by atoms with Crippen molar-refractivity contribution >= 4 is 42.1 Å². The van der Waals surface area contributed by atoms with Crippen LogP contribution in [0.15, 0.2) is 5.38 Å². The van der Waals surface area contributed by atoms with Gasteiger partial charge in [0.1, 0.15) is 0 Å². The fraction of sp³-hybridized carbons (Fsp3) is 0.692. The van der Waals surface area contributed by atoms with E-state index in [2.05, 4.69) is 17.2 Å². The van der Waals surface area contributed by atoms with Gasteiger partial charge in [-0.1, -0.05) is 6.92 Å². The predicted molar refractivity (Wildman–Crippen MR) is 87.9 cm³/mol. The van der Waals surface area contributed by atoms with Crippen molar-refractivity contribution in [2.75, 3.05) is 0 Å². The van der Waals surface area contributed by atoms with Crippen molar-refractivity contribution in [3.63, 3.8) is 0 Å². The Kier molecular flexibility index (Phi) is 8.66. The number of nitrogens with zero attached hydrogens (tertiary/aromatic N) is 1. The monoisotopic (exact) mass is 339 g/mol. The minimum Gasteiger partial charge on any atom is -0.348 e. The normalized spacial score (nSPS) is 22.6. The standard InChI is InChI=1S/C13H21N3OS.2ClH/c1-3-12-16-11(7-18-12)8(2)15-13(17)9-4-5-10(14)6-9;;/h7-10H,3-6,14H2,1-2H3,(H,15,17);2*1H. The van der Waals surface area contributed by atoms with E-state index in [4.69, 9.17) is 5.73 Å². The van der Waals surface area contributed by atoms with E-state index in [1.807, 2.05) is 12.3 Å². The molecule has 20 heavy (non-hydrogen) atoms. The van der Waals surface area contributed by atoms with Crippen LogP contribution >= 0.6 is 36.2 Å². The molecule has 3 atom stereocenters. The van der Waals surface area contributed by atoms with E-state index in [0.717, 1.165) is 36.4 Å². The number of amides is 1. The largest absolute Gasteiger partial charge is 0.348 e. The summed E-state index contributed by atoms with van der Waals surface area (Å²) in [5.41, 5.74) is 6.80. The smallest absolute Gasteiger partial charge is 0.223 e. The number of nitrogens with two attached hydrogens (primary N) is 1. The second-order valence-electron chi connectivity index (χ2n) is 5.02. The SMILES string of the molecule is CCc1nc(C(C)NC(=O)C2CCC(N)C2)cs1.Cl.Cl. The molecule has 1 saturated carbocycles. The molecule has 1 aromatic heterocycles. The number of aromatic nitrogens is 1. The van der Waals surface area contributed by atoms with Crippen LogP contribution in [0.1, 0.15) is 49.9 Å². The highest BCUT2D eigenvalue weighted by molar-refractivity contribution is 7.09. The third-order valence-electron chi connectivity index (χ3n) is 3.52. The first-order valence-corrected chi connectivity index (χ1v) is 7.48. The van der Waals surface area contributed by atoms with E-state index in [9.17, 15) is 4.79 Å². The zero-order chi connectivity index (χ0) is 13.1. The molecule has 0 radical (unpaired) electrons. The minimum absolute atomic E-state index is 0. The Bertz CT molecular complexity index is 428. The van der Waals surface area contributed by atoms with Crippen molar-refractivity contribution in [1.29, 1.82) is 0 Å². The molecule has 0 aliphatic heterocycles. The van der Waals surface area contributed by atoms with Gasteiger partial charge in [-0.25, -0.2) is 4.98 Å². The summed E-state index contributed by atoms with van der Waals surface area (Å²) >= 11 is 1.66. The molecule has 1 fully saturated rings. The number of halogens is 2. The maximum Gasteiger partial charge on any atom is 0.223 e. The van der Waals surface area contributed by atoms with Crippen molar-refractivity contribution in [2.24, 2.45) is 11.7 Å². The van der Waals surface area contributed by atoms with Gasteiger partial charge in [-0.3, -0.25) is 4.79 Å². The Morgan fingerprint density at radius 2 is 2.25 bits per heavy atom. The topological polar surface area (TPSA) is 68.0 Å². The lowest BCUT2D eigenvalue weighted by atomic mass is 10.1. The Morgan fingerprint density at radius 3 is 2.75 bits per heavy atom. The summed E-state index contributed by atoms with van der Waals surface area (Å²) in [6.45, 7) is 4.08. The first-order valence-electron chi connectivity index (χ1n) is 6.60. The Labute approximate surface area is 136 Å². The molecule has 4 nitrogen and oxygen atoms in total. The summed E-state index contributed by atoms with van der Waals surface area (Å²) < 4.78 is 0. The molecule has 1 aliphatic rings. The minimum atomic E-state index is -0.00845. The highest BCUT2D eigenvalue weighted by Crippen LogP contribution is 2.25. The molecule has 2 rings (SSSR count). The van der Waals surface area contributed by atoms with Crippen LogP contribution in [0.25, 0.3) is 0 Å². The number of hydrogen-bond acceptors (Lipinski definition) is 4. The molecule has 3 N–H and O–H groups in total. The zero-order valence-electron chi connectivity index (χ0n) is 11.8. The second-order valence-corrected chi connectivity index (χ2v) is 5.96. The van der Waals surface area contributed by atoms with Gasteiger partial charge < -0.3 is 11.1 Å². The van der Waals surface area contributed by atoms with E-state index < -0.39 is 0 Å². The van der Waals surface area contributed by atoms with Crippen LogP contribution in [-0.2, 0) is 11.2 Å². The molecule has 1 amide bonds. The number of nitrogens with one attached hydrogen (secondary N) is 1. The van der Waals surface area contributed by atoms with E-state index in [1.54, 1.807) is 11.3 Å². The van der Waals surface area contributed by atoms with Crippen LogP contribution in [0.3, 0.4) is 0 Å². The highest BCUT2D eigenvalue weighted by Gasteiger charge is 2.28. The number of rotatable bonds is 4. The average Bonchev–Trinajstić information content (AvgIpc) is 2.97. The molecule has 116 valence electrons. The first kappa shape index (κ1) is 19.6. The zero-order valence-corrected chi connectivity index (χ0v) is 14.2. The molecule has 1 aliphatic carbocycles. The maximum absolute atomic E-state index is 12.1. The van der Waals surface area contributed by atoms with Crippen LogP contribution in [0.4, 0.5) is 0 Å². The molecular weight excluding hydrogens is 317 g/mol. The van der Waals surface area contributed by atoms with Gasteiger partial charge in [0.05, 0.1) is 16.7 Å². The molecule has 3 unspecified atom stereocenters. The number of carbonyl (C=O) groups is 1. The van der Waals surface area contributed by atoms with E-state index in [1.165, 1.54) is 0 Å². The molecule has 0 aromatic carbocycles. The van der Waals surface area contributed by atoms with Crippen molar-refractivity contribution < 1.29 is 4.79 Å². The molecule has 7 heteroatoms. The molecule has 0 bridgehead atoms. The van der Waals surface area contributed by atoms with E-state index in [0.29, 0.717) is 0 Å². The third kappa shape index (κ3) is 4.88. The van der Waals surface area contributed by atoms with Crippen LogP contribution in [-0.4, -0.2) is 16.9 Å². The number of hydrogen-bond donors (Lipinski definition) is 2. The lowest BCUT2D eigenvalue weighted by molar-refractivity contribution is -0.125. The summed E-state index contributed by atoms with van der Waals surface area (Å²) in [5.74, 6) is 0.216. The van der Waals surface area contributed by atoms with Gasteiger partial charge >= 0.3 is 0 Å². The maximum atomic E-state index is 12.1. The highest BCUT2D eigenvalue weighted by atomic mass is 35.5. The van der Waals surface area contributed by atoms with Crippen LogP contribution < -0.4 is 11.1 Å². The van der Waals surface area contributed by atoms with Gasteiger partial charge in [0.15, 0.2) is 0 Å². The first-order chi connectivity index (χ1) is 8.60. The van der Waals surface area contributed by atoms with Crippen LogP contribution in [0, 0.1) is 5.92 Å². The van der Waals surface area contributed by atoms with Crippen LogP contribution in [0.5, 0.6) is 0 Å². The van der Waals surface area contributed by atoms with Gasteiger partial charge in [-0.15, -0.1) is 36.2 Å². The summed E-state index contributed by atoms with van der Waals surface area (Å²) in [7, 11) is 0. The average molecular weight is 340 g/mol. The van der Waals surface area contributed by atoms with Gasteiger partial charge in [0.25, 0.3) is 0 Å². The summed E-state index contributed by atoms with van der Waals surface area (Å²) in [4.78, 5) is 16.6. The Morgan fingerprint density at radius 1 is 1.55 bits per heavy atom. The van der Waals surface area contributed by atoms with Gasteiger partial charge in [0.2, 0.25) is 5.91 Å². The summed E-state index contributed by atoms with van der Waals surface area (Å²) in [6.07, 6.45) is 3.64. The molecule has 0 saturated heterocycles. The third-order valence-corrected chi connectivity index (χ3v) is 4.53. The fourth-order valence-electron chi connectivity index (χ4n) is 2.35. The fourth-order valence-corrected chi connectivity index (χ4v) is 3.18. The molecular formula is C13H23Cl2N3OS. The summed E-state index contributed by atoms with van der Waals surface area (Å²) in [6, 6.07) is 0.188. The quantitative estimate of drug-likeness (QED) is 0.886. The van der Waals surface area contributed by atoms with Gasteiger partial charge in [0, 0.05) is 17.3 Å². The Balaban J connectivity index is 0.00000180. The van der Waals surface area contributed by atoms with Crippen LogP contribution in [0.2, 0.25) is 0 Å². The van der Waals surface area contributed by atoms with Crippen molar-refractivity contribution in [2.45, 2.75) is 51.6 Å². The Hall–Kier alpha value is -0.360. The molecule has 0 spiro atoms. The van der Waals surface area contributed by atoms with Crippen molar-refractivity contribution in [3.05, 3.63) is 16.1 Å².